The average Bonchev–Trinajstić information content (AvgIpc) is 2.27. The predicted octanol–water partition coefficient (Wildman–Crippen LogP) is 2.86. The van der Waals surface area contributed by atoms with Gasteiger partial charge in [0.15, 0.2) is 0 Å². The second-order valence-corrected chi connectivity index (χ2v) is 5.82. The Morgan fingerprint density at radius 2 is 1.68 bits per heavy atom. The maximum Gasteiger partial charge on any atom is 0.313 e. The molecule has 0 spiro atoms. The number of ether oxygens (including phenoxy) is 2. The molecule has 0 aromatic carbocycles. The zero-order chi connectivity index (χ0) is 14.6. The molecule has 19 heavy (non-hydrogen) atoms. The molecule has 1 aliphatic rings. The van der Waals surface area contributed by atoms with Crippen LogP contribution >= 0.6 is 0 Å². The van der Waals surface area contributed by atoms with Crippen molar-refractivity contribution in [3.05, 3.63) is 12.2 Å². The summed E-state index contributed by atoms with van der Waals surface area (Å²) in [4.78, 5) is 24.4. The summed E-state index contributed by atoms with van der Waals surface area (Å²) in [5.41, 5.74) is -0.828. The van der Waals surface area contributed by atoms with E-state index in [1.54, 1.807) is 34.6 Å². The summed E-state index contributed by atoms with van der Waals surface area (Å²) in [6.07, 6.45) is 4.53. The highest BCUT2D eigenvalue weighted by Gasteiger charge is 2.47. The Balaban J connectivity index is 2.90. The van der Waals surface area contributed by atoms with Gasteiger partial charge in [-0.3, -0.25) is 9.59 Å². The van der Waals surface area contributed by atoms with Gasteiger partial charge < -0.3 is 9.47 Å². The molecule has 0 fully saturated rings. The SMILES string of the molecule is CC(C)OC(=O)C1CC=CCC1(C)C(=O)OC(C)C. The molecule has 0 radical (unpaired) electrons. The number of rotatable bonds is 4. The molecule has 0 saturated heterocycles. The van der Waals surface area contributed by atoms with Gasteiger partial charge in [0.05, 0.1) is 23.5 Å². The first-order chi connectivity index (χ1) is 8.77. The Kier molecular flexibility index (Phi) is 5.15. The number of esters is 2. The highest BCUT2D eigenvalue weighted by Crippen LogP contribution is 2.40. The van der Waals surface area contributed by atoms with E-state index in [2.05, 4.69) is 0 Å². The Hall–Kier alpha value is -1.32. The summed E-state index contributed by atoms with van der Waals surface area (Å²) in [6.45, 7) is 9.01. The van der Waals surface area contributed by atoms with Crippen molar-refractivity contribution in [3.63, 3.8) is 0 Å². The zero-order valence-corrected chi connectivity index (χ0v) is 12.4. The quantitative estimate of drug-likeness (QED) is 0.581. The van der Waals surface area contributed by atoms with Crippen LogP contribution in [0, 0.1) is 11.3 Å². The molecule has 4 heteroatoms. The van der Waals surface area contributed by atoms with E-state index in [0.717, 1.165) is 0 Å². The Morgan fingerprint density at radius 3 is 2.21 bits per heavy atom. The molecule has 0 aliphatic heterocycles. The van der Waals surface area contributed by atoms with E-state index in [1.165, 1.54) is 0 Å². The van der Waals surface area contributed by atoms with E-state index >= 15 is 0 Å². The lowest BCUT2D eigenvalue weighted by molar-refractivity contribution is -0.173. The smallest absolute Gasteiger partial charge is 0.313 e. The van der Waals surface area contributed by atoms with Crippen LogP contribution in [0.1, 0.15) is 47.5 Å². The van der Waals surface area contributed by atoms with Crippen LogP contribution in [0.25, 0.3) is 0 Å². The van der Waals surface area contributed by atoms with Crippen LogP contribution in [0.3, 0.4) is 0 Å². The summed E-state index contributed by atoms with van der Waals surface area (Å²) in [7, 11) is 0. The third kappa shape index (κ3) is 3.82. The van der Waals surface area contributed by atoms with Gasteiger partial charge >= 0.3 is 11.9 Å². The Labute approximate surface area is 115 Å². The monoisotopic (exact) mass is 268 g/mol. The third-order valence-corrected chi connectivity index (χ3v) is 3.29. The Bertz CT molecular complexity index is 370. The van der Waals surface area contributed by atoms with Crippen LogP contribution in [0.4, 0.5) is 0 Å². The summed E-state index contributed by atoms with van der Waals surface area (Å²) >= 11 is 0. The van der Waals surface area contributed by atoms with E-state index in [-0.39, 0.29) is 24.1 Å². The molecule has 0 bridgehead atoms. The summed E-state index contributed by atoms with van der Waals surface area (Å²) in [5, 5.41) is 0. The lowest BCUT2D eigenvalue weighted by Crippen LogP contribution is -2.44. The number of hydrogen-bond acceptors (Lipinski definition) is 4. The molecule has 0 aromatic rings. The molecule has 2 unspecified atom stereocenters. The second-order valence-electron chi connectivity index (χ2n) is 5.82. The van der Waals surface area contributed by atoms with Crippen LogP contribution < -0.4 is 0 Å². The maximum absolute atomic E-state index is 12.3. The van der Waals surface area contributed by atoms with Gasteiger partial charge in [0.2, 0.25) is 0 Å². The normalized spacial score (nSPS) is 26.6. The minimum atomic E-state index is -0.828. The first kappa shape index (κ1) is 15.7. The summed E-state index contributed by atoms with van der Waals surface area (Å²) < 4.78 is 10.6. The van der Waals surface area contributed by atoms with Gasteiger partial charge in [0.25, 0.3) is 0 Å². The van der Waals surface area contributed by atoms with E-state index < -0.39 is 11.3 Å². The molecule has 1 rings (SSSR count). The van der Waals surface area contributed by atoms with E-state index in [9.17, 15) is 9.59 Å². The molecule has 108 valence electrons. The van der Waals surface area contributed by atoms with Gasteiger partial charge in [-0.1, -0.05) is 12.2 Å². The molecule has 0 heterocycles. The number of carbonyl (C=O) groups excluding carboxylic acids is 2. The van der Waals surface area contributed by atoms with Crippen molar-refractivity contribution in [2.24, 2.45) is 11.3 Å². The van der Waals surface area contributed by atoms with Crippen molar-refractivity contribution >= 4 is 11.9 Å². The molecule has 2 atom stereocenters. The van der Waals surface area contributed by atoms with Gasteiger partial charge in [-0.15, -0.1) is 0 Å². The number of allylic oxidation sites excluding steroid dienone is 2. The fourth-order valence-corrected chi connectivity index (χ4v) is 2.21. The standard InChI is InChI=1S/C15H24O4/c1-10(2)18-13(16)12-8-6-7-9-15(12,5)14(17)19-11(3)4/h6-7,10-12H,8-9H2,1-5H3. The highest BCUT2D eigenvalue weighted by molar-refractivity contribution is 5.86. The minimum absolute atomic E-state index is 0.177. The molecule has 0 saturated carbocycles. The van der Waals surface area contributed by atoms with Gasteiger partial charge in [-0.2, -0.15) is 0 Å². The summed E-state index contributed by atoms with van der Waals surface area (Å²) in [6, 6.07) is 0. The Morgan fingerprint density at radius 1 is 1.11 bits per heavy atom. The maximum atomic E-state index is 12.3. The lowest BCUT2D eigenvalue weighted by Gasteiger charge is -2.36. The molecule has 0 N–H and O–H groups in total. The minimum Gasteiger partial charge on any atom is -0.463 e. The van der Waals surface area contributed by atoms with Crippen LogP contribution in [-0.2, 0) is 19.1 Å². The molecular weight excluding hydrogens is 244 g/mol. The van der Waals surface area contributed by atoms with E-state index in [4.69, 9.17) is 9.47 Å². The lowest BCUT2D eigenvalue weighted by atomic mass is 9.70. The molecular formula is C15H24O4. The molecule has 1 aliphatic carbocycles. The van der Waals surface area contributed by atoms with Crippen LogP contribution in [-0.4, -0.2) is 24.1 Å². The van der Waals surface area contributed by atoms with Gasteiger partial charge in [-0.05, 0) is 47.5 Å². The number of hydrogen-bond donors (Lipinski definition) is 0. The van der Waals surface area contributed by atoms with E-state index in [1.807, 2.05) is 12.2 Å². The summed E-state index contributed by atoms with van der Waals surface area (Å²) in [5.74, 6) is -1.11. The second kappa shape index (κ2) is 6.22. The van der Waals surface area contributed by atoms with Crippen molar-refractivity contribution < 1.29 is 19.1 Å². The van der Waals surface area contributed by atoms with Gasteiger partial charge in [0.1, 0.15) is 0 Å². The van der Waals surface area contributed by atoms with Crippen molar-refractivity contribution in [3.8, 4) is 0 Å². The van der Waals surface area contributed by atoms with Crippen LogP contribution in [0.2, 0.25) is 0 Å². The molecule has 0 amide bonds. The van der Waals surface area contributed by atoms with E-state index in [0.29, 0.717) is 12.8 Å². The topological polar surface area (TPSA) is 52.6 Å². The van der Waals surface area contributed by atoms with Crippen molar-refractivity contribution in [2.45, 2.75) is 59.7 Å². The van der Waals surface area contributed by atoms with Crippen molar-refractivity contribution in [1.82, 2.24) is 0 Å². The largest absolute Gasteiger partial charge is 0.463 e. The van der Waals surface area contributed by atoms with Crippen molar-refractivity contribution in [2.75, 3.05) is 0 Å². The van der Waals surface area contributed by atoms with Crippen LogP contribution in [0.5, 0.6) is 0 Å². The molecule has 4 nitrogen and oxygen atoms in total. The first-order valence-electron chi connectivity index (χ1n) is 6.84. The zero-order valence-electron chi connectivity index (χ0n) is 12.4. The van der Waals surface area contributed by atoms with Crippen molar-refractivity contribution in [1.29, 1.82) is 0 Å². The molecule has 0 aromatic heterocycles. The van der Waals surface area contributed by atoms with Gasteiger partial charge in [0, 0.05) is 0 Å². The third-order valence-electron chi connectivity index (χ3n) is 3.29. The number of carbonyl (C=O) groups is 2. The predicted molar refractivity (Wildman–Crippen MR) is 72.4 cm³/mol. The highest BCUT2D eigenvalue weighted by atomic mass is 16.6. The fraction of sp³-hybridized carbons (Fsp3) is 0.733. The van der Waals surface area contributed by atoms with Crippen LogP contribution in [0.15, 0.2) is 12.2 Å². The first-order valence-corrected chi connectivity index (χ1v) is 6.84. The average molecular weight is 268 g/mol. The van der Waals surface area contributed by atoms with Gasteiger partial charge in [-0.25, -0.2) is 0 Å². The fourth-order valence-electron chi connectivity index (χ4n) is 2.21.